The average molecular weight is 325 g/mol. The van der Waals surface area contributed by atoms with E-state index < -0.39 is 18.0 Å². The predicted octanol–water partition coefficient (Wildman–Crippen LogP) is 2.08. The summed E-state index contributed by atoms with van der Waals surface area (Å²) >= 11 is 3.18. The van der Waals surface area contributed by atoms with Crippen molar-refractivity contribution in [3.8, 4) is 0 Å². The molecule has 0 heterocycles. The number of nitrogens with one attached hydrogen (secondary N) is 2. The molecule has 2 amide bonds. The smallest absolute Gasteiger partial charge is 0.267 e. The first-order valence-electron chi connectivity index (χ1n) is 4.65. The van der Waals surface area contributed by atoms with Crippen LogP contribution in [0.4, 0.5) is 13.2 Å². The SMILES string of the molecule is Cc1ccc(C(=O)NNC(=O)C(F)(F)F)cc1Br. The molecule has 1 aromatic rings. The molecule has 0 saturated carbocycles. The average Bonchev–Trinajstić information content (AvgIpc) is 2.27. The van der Waals surface area contributed by atoms with Gasteiger partial charge in [-0.3, -0.25) is 20.4 Å². The van der Waals surface area contributed by atoms with Crippen molar-refractivity contribution in [2.75, 3.05) is 0 Å². The topological polar surface area (TPSA) is 58.2 Å². The number of hydrogen-bond acceptors (Lipinski definition) is 2. The highest BCUT2D eigenvalue weighted by Gasteiger charge is 2.38. The highest BCUT2D eigenvalue weighted by atomic mass is 79.9. The van der Waals surface area contributed by atoms with Crippen molar-refractivity contribution in [2.24, 2.45) is 0 Å². The number of rotatable bonds is 1. The number of alkyl halides is 3. The van der Waals surface area contributed by atoms with E-state index in [-0.39, 0.29) is 5.56 Å². The fraction of sp³-hybridized carbons (Fsp3) is 0.200. The summed E-state index contributed by atoms with van der Waals surface area (Å²) in [5.41, 5.74) is 3.94. The van der Waals surface area contributed by atoms with E-state index in [2.05, 4.69) is 15.9 Å². The lowest BCUT2D eigenvalue weighted by molar-refractivity contribution is -0.174. The van der Waals surface area contributed by atoms with Gasteiger partial charge in [0.2, 0.25) is 0 Å². The van der Waals surface area contributed by atoms with Gasteiger partial charge in [0, 0.05) is 10.0 Å². The number of amides is 2. The lowest BCUT2D eigenvalue weighted by atomic mass is 10.1. The standard InChI is InChI=1S/C10H8BrF3N2O2/c1-5-2-3-6(4-7(5)11)8(17)15-16-9(18)10(12,13)14/h2-4H,1H3,(H,15,17)(H,16,18). The minimum atomic E-state index is -5.04. The maximum absolute atomic E-state index is 11.8. The predicted molar refractivity (Wildman–Crippen MR) is 60.5 cm³/mol. The third kappa shape index (κ3) is 3.73. The van der Waals surface area contributed by atoms with Gasteiger partial charge < -0.3 is 0 Å². The lowest BCUT2D eigenvalue weighted by Crippen LogP contribution is -2.47. The summed E-state index contributed by atoms with van der Waals surface area (Å²) in [6.07, 6.45) is -5.04. The van der Waals surface area contributed by atoms with Gasteiger partial charge in [-0.05, 0) is 24.6 Å². The quantitative estimate of drug-likeness (QED) is 0.777. The number of benzene rings is 1. The molecular weight excluding hydrogens is 317 g/mol. The highest BCUT2D eigenvalue weighted by molar-refractivity contribution is 9.10. The number of halogens is 4. The van der Waals surface area contributed by atoms with Crippen molar-refractivity contribution >= 4 is 27.7 Å². The van der Waals surface area contributed by atoms with Crippen LogP contribution in [0.15, 0.2) is 22.7 Å². The van der Waals surface area contributed by atoms with Crippen LogP contribution in [0.2, 0.25) is 0 Å². The number of aryl methyl sites for hydroxylation is 1. The number of hydrazine groups is 1. The normalized spacial score (nSPS) is 10.9. The van der Waals surface area contributed by atoms with E-state index in [0.717, 1.165) is 5.56 Å². The Bertz CT molecular complexity index is 489. The highest BCUT2D eigenvalue weighted by Crippen LogP contribution is 2.17. The fourth-order valence-corrected chi connectivity index (χ4v) is 1.37. The van der Waals surface area contributed by atoms with E-state index >= 15 is 0 Å². The molecule has 0 aliphatic carbocycles. The molecule has 0 spiro atoms. The van der Waals surface area contributed by atoms with Crippen molar-refractivity contribution in [3.05, 3.63) is 33.8 Å². The molecule has 0 unspecified atom stereocenters. The molecule has 1 rings (SSSR count). The zero-order valence-corrected chi connectivity index (χ0v) is 10.6. The molecule has 0 fully saturated rings. The van der Waals surface area contributed by atoms with Gasteiger partial charge in [0.1, 0.15) is 0 Å². The monoisotopic (exact) mass is 324 g/mol. The van der Waals surface area contributed by atoms with E-state index in [1.54, 1.807) is 18.4 Å². The summed E-state index contributed by atoms with van der Waals surface area (Å²) < 4.78 is 36.2. The summed E-state index contributed by atoms with van der Waals surface area (Å²) in [4.78, 5) is 21.9. The molecule has 18 heavy (non-hydrogen) atoms. The van der Waals surface area contributed by atoms with Crippen LogP contribution >= 0.6 is 15.9 Å². The summed E-state index contributed by atoms with van der Waals surface area (Å²) in [5, 5.41) is 0. The van der Waals surface area contributed by atoms with Gasteiger partial charge in [-0.15, -0.1) is 0 Å². The van der Waals surface area contributed by atoms with Gasteiger partial charge in [-0.2, -0.15) is 13.2 Å². The molecular formula is C10H8BrF3N2O2. The molecule has 1 aromatic carbocycles. The van der Waals surface area contributed by atoms with Crippen molar-refractivity contribution in [1.82, 2.24) is 10.9 Å². The first kappa shape index (κ1) is 14.5. The van der Waals surface area contributed by atoms with Crippen molar-refractivity contribution in [2.45, 2.75) is 13.1 Å². The molecule has 4 nitrogen and oxygen atoms in total. The van der Waals surface area contributed by atoms with Gasteiger partial charge >= 0.3 is 12.1 Å². The second kappa shape index (κ2) is 5.38. The Morgan fingerprint density at radius 2 is 1.83 bits per heavy atom. The van der Waals surface area contributed by atoms with Crippen LogP contribution in [0.1, 0.15) is 15.9 Å². The minimum Gasteiger partial charge on any atom is -0.267 e. The third-order valence-electron chi connectivity index (χ3n) is 1.98. The second-order valence-corrected chi connectivity index (χ2v) is 4.22. The van der Waals surface area contributed by atoms with E-state index in [1.165, 1.54) is 17.6 Å². The van der Waals surface area contributed by atoms with E-state index in [9.17, 15) is 22.8 Å². The summed E-state index contributed by atoms with van der Waals surface area (Å²) in [6, 6.07) is 4.48. The number of carbonyl (C=O) groups excluding carboxylic acids is 2. The summed E-state index contributed by atoms with van der Waals surface area (Å²) in [7, 11) is 0. The molecule has 0 bridgehead atoms. The first-order chi connectivity index (χ1) is 8.21. The molecule has 0 aromatic heterocycles. The molecule has 0 radical (unpaired) electrons. The maximum Gasteiger partial charge on any atom is 0.472 e. The zero-order valence-electron chi connectivity index (χ0n) is 9.06. The molecule has 0 aliphatic rings. The van der Waals surface area contributed by atoms with Crippen molar-refractivity contribution in [3.63, 3.8) is 0 Å². The minimum absolute atomic E-state index is 0.120. The summed E-state index contributed by atoms with van der Waals surface area (Å²) in [6.45, 7) is 1.79. The van der Waals surface area contributed by atoms with Gasteiger partial charge in [0.25, 0.3) is 5.91 Å². The Morgan fingerprint density at radius 3 is 2.33 bits per heavy atom. The Hall–Kier alpha value is -1.57. The van der Waals surface area contributed by atoms with E-state index in [4.69, 9.17) is 0 Å². The Kier molecular flexibility index (Phi) is 4.33. The van der Waals surface area contributed by atoms with Gasteiger partial charge in [-0.1, -0.05) is 22.0 Å². The second-order valence-electron chi connectivity index (χ2n) is 3.37. The third-order valence-corrected chi connectivity index (χ3v) is 2.84. The Balaban J connectivity index is 2.66. The molecule has 0 atom stereocenters. The van der Waals surface area contributed by atoms with Crippen LogP contribution in [0.5, 0.6) is 0 Å². The van der Waals surface area contributed by atoms with Crippen molar-refractivity contribution < 1.29 is 22.8 Å². The number of hydrogen-bond donors (Lipinski definition) is 2. The Morgan fingerprint density at radius 1 is 1.22 bits per heavy atom. The van der Waals surface area contributed by atoms with Crippen LogP contribution in [0, 0.1) is 6.92 Å². The van der Waals surface area contributed by atoms with Crippen LogP contribution in [0.3, 0.4) is 0 Å². The molecule has 2 N–H and O–H groups in total. The van der Waals surface area contributed by atoms with E-state index in [0.29, 0.717) is 4.47 Å². The van der Waals surface area contributed by atoms with Crippen molar-refractivity contribution in [1.29, 1.82) is 0 Å². The maximum atomic E-state index is 11.8. The van der Waals surface area contributed by atoms with Gasteiger partial charge in [0.05, 0.1) is 0 Å². The molecule has 0 saturated heterocycles. The largest absolute Gasteiger partial charge is 0.472 e. The molecule has 0 aliphatic heterocycles. The van der Waals surface area contributed by atoms with Gasteiger partial charge in [-0.25, -0.2) is 0 Å². The number of carbonyl (C=O) groups is 2. The zero-order chi connectivity index (χ0) is 13.9. The van der Waals surface area contributed by atoms with Gasteiger partial charge in [0.15, 0.2) is 0 Å². The lowest BCUT2D eigenvalue weighted by Gasteiger charge is -2.09. The van der Waals surface area contributed by atoms with Crippen LogP contribution in [-0.4, -0.2) is 18.0 Å². The van der Waals surface area contributed by atoms with Crippen LogP contribution in [0.25, 0.3) is 0 Å². The first-order valence-corrected chi connectivity index (χ1v) is 5.45. The molecule has 98 valence electrons. The molecule has 8 heteroatoms. The Labute approximate surface area is 109 Å². The van der Waals surface area contributed by atoms with Crippen LogP contribution < -0.4 is 10.9 Å². The fourth-order valence-electron chi connectivity index (χ4n) is 0.991. The van der Waals surface area contributed by atoms with Crippen LogP contribution in [-0.2, 0) is 4.79 Å². The van der Waals surface area contributed by atoms with E-state index in [1.807, 2.05) is 0 Å². The summed E-state index contributed by atoms with van der Waals surface area (Å²) in [5.74, 6) is -3.07.